The third kappa shape index (κ3) is 2.00. The highest BCUT2D eigenvalue weighted by Crippen LogP contribution is 2.21. The Hall–Kier alpha value is -0.610. The van der Waals surface area contributed by atoms with Crippen molar-refractivity contribution < 1.29 is 9.53 Å². The Morgan fingerprint density at radius 2 is 2.15 bits per heavy atom. The van der Waals surface area contributed by atoms with Gasteiger partial charge in [0.15, 0.2) is 0 Å². The second-order valence-electron chi connectivity index (χ2n) is 3.82. The average Bonchev–Trinajstić information content (AvgIpc) is 2.82. The quantitative estimate of drug-likeness (QED) is 0.621. The van der Waals surface area contributed by atoms with E-state index in [2.05, 4.69) is 10.6 Å². The Bertz CT molecular complexity index is 204. The van der Waals surface area contributed by atoms with Crippen molar-refractivity contribution in [2.75, 3.05) is 20.3 Å². The molecule has 0 aromatic carbocycles. The summed E-state index contributed by atoms with van der Waals surface area (Å²) in [5.41, 5.74) is 0. The van der Waals surface area contributed by atoms with Gasteiger partial charge < -0.3 is 15.4 Å². The zero-order valence-electron chi connectivity index (χ0n) is 7.88. The van der Waals surface area contributed by atoms with Crippen LogP contribution in [0.4, 0.5) is 0 Å². The zero-order chi connectivity index (χ0) is 9.26. The maximum atomic E-state index is 11.6. The molecule has 0 aromatic heterocycles. The van der Waals surface area contributed by atoms with E-state index in [1.165, 1.54) is 0 Å². The van der Waals surface area contributed by atoms with Crippen LogP contribution in [0.2, 0.25) is 0 Å². The van der Waals surface area contributed by atoms with Crippen molar-refractivity contribution in [3.8, 4) is 0 Å². The zero-order valence-corrected chi connectivity index (χ0v) is 7.88. The summed E-state index contributed by atoms with van der Waals surface area (Å²) in [6.45, 7) is 1.21. The number of hydrogen-bond donors (Lipinski definition) is 2. The number of carbonyl (C=O) groups is 1. The van der Waals surface area contributed by atoms with E-state index in [1.54, 1.807) is 0 Å². The molecule has 1 saturated heterocycles. The number of amides is 1. The number of nitrogens with one attached hydrogen (secondary N) is 2. The molecule has 1 saturated carbocycles. The fourth-order valence-electron chi connectivity index (χ4n) is 1.63. The molecule has 1 heterocycles. The van der Waals surface area contributed by atoms with E-state index >= 15 is 0 Å². The minimum absolute atomic E-state index is 0.00519. The van der Waals surface area contributed by atoms with Crippen molar-refractivity contribution in [2.45, 2.75) is 24.9 Å². The van der Waals surface area contributed by atoms with Crippen LogP contribution >= 0.6 is 0 Å². The third-order valence-corrected chi connectivity index (χ3v) is 2.71. The Balaban J connectivity index is 1.86. The molecule has 2 aliphatic rings. The van der Waals surface area contributed by atoms with Crippen LogP contribution in [-0.2, 0) is 9.53 Å². The molecule has 4 nitrogen and oxygen atoms in total. The van der Waals surface area contributed by atoms with E-state index in [0.29, 0.717) is 19.3 Å². The van der Waals surface area contributed by atoms with E-state index in [0.717, 1.165) is 12.8 Å². The highest BCUT2D eigenvalue weighted by molar-refractivity contribution is 5.80. The Kier molecular flexibility index (Phi) is 2.51. The predicted molar refractivity (Wildman–Crippen MR) is 48.3 cm³/mol. The van der Waals surface area contributed by atoms with Crippen LogP contribution in [-0.4, -0.2) is 38.3 Å². The van der Waals surface area contributed by atoms with Gasteiger partial charge in [0.1, 0.15) is 0 Å². The van der Waals surface area contributed by atoms with Crippen molar-refractivity contribution in [3.05, 3.63) is 0 Å². The summed E-state index contributed by atoms with van der Waals surface area (Å²) < 4.78 is 5.26. The van der Waals surface area contributed by atoms with Crippen molar-refractivity contribution in [1.82, 2.24) is 10.6 Å². The number of carbonyl (C=O) groups excluding carboxylic acids is 1. The molecule has 1 aliphatic heterocycles. The van der Waals surface area contributed by atoms with E-state index in [1.807, 2.05) is 7.05 Å². The largest absolute Gasteiger partial charge is 0.379 e. The normalized spacial score (nSPS) is 33.3. The first-order chi connectivity index (χ1) is 6.31. The van der Waals surface area contributed by atoms with Gasteiger partial charge >= 0.3 is 0 Å². The Morgan fingerprint density at radius 1 is 1.38 bits per heavy atom. The lowest BCUT2D eigenvalue weighted by atomic mass is 10.0. The van der Waals surface area contributed by atoms with Crippen LogP contribution < -0.4 is 10.6 Å². The summed E-state index contributed by atoms with van der Waals surface area (Å²) in [6, 6.07) is 0.643. The smallest absolute Gasteiger partial charge is 0.227 e. The molecule has 13 heavy (non-hydrogen) atoms. The summed E-state index contributed by atoms with van der Waals surface area (Å²) in [5.74, 6) is 0.157. The van der Waals surface area contributed by atoms with Crippen LogP contribution in [0.15, 0.2) is 0 Å². The molecule has 1 amide bonds. The molecule has 2 fully saturated rings. The predicted octanol–water partition coefficient (Wildman–Crippen LogP) is -0.501. The Labute approximate surface area is 78.0 Å². The molecule has 4 heteroatoms. The minimum atomic E-state index is 0.00519. The van der Waals surface area contributed by atoms with Gasteiger partial charge in [0.25, 0.3) is 0 Å². The highest BCUT2D eigenvalue weighted by atomic mass is 16.5. The van der Waals surface area contributed by atoms with Crippen LogP contribution in [0.5, 0.6) is 0 Å². The van der Waals surface area contributed by atoms with Crippen LogP contribution in [0.3, 0.4) is 0 Å². The highest BCUT2D eigenvalue weighted by Gasteiger charge is 2.35. The van der Waals surface area contributed by atoms with E-state index < -0.39 is 0 Å². The fourth-order valence-corrected chi connectivity index (χ4v) is 1.63. The molecule has 0 aromatic rings. The van der Waals surface area contributed by atoms with E-state index in [-0.39, 0.29) is 17.9 Å². The van der Waals surface area contributed by atoms with Crippen LogP contribution in [0, 0.1) is 5.92 Å². The van der Waals surface area contributed by atoms with Gasteiger partial charge in [0, 0.05) is 12.1 Å². The summed E-state index contributed by atoms with van der Waals surface area (Å²) in [6.07, 6.45) is 2.28. The summed E-state index contributed by atoms with van der Waals surface area (Å²) >= 11 is 0. The molecule has 2 unspecified atom stereocenters. The molecule has 1 aliphatic carbocycles. The van der Waals surface area contributed by atoms with E-state index in [9.17, 15) is 4.79 Å². The van der Waals surface area contributed by atoms with Gasteiger partial charge in [-0.1, -0.05) is 0 Å². The lowest BCUT2D eigenvalue weighted by molar-refractivity contribution is -0.125. The molecule has 0 radical (unpaired) electrons. The minimum Gasteiger partial charge on any atom is -0.379 e. The van der Waals surface area contributed by atoms with Gasteiger partial charge in [-0.25, -0.2) is 0 Å². The first-order valence-electron chi connectivity index (χ1n) is 4.86. The third-order valence-electron chi connectivity index (χ3n) is 2.71. The number of ether oxygens (including phenoxy) is 1. The first-order valence-corrected chi connectivity index (χ1v) is 4.86. The number of likely N-dealkylation sites (N-methyl/N-ethyl adjacent to an activating group) is 1. The van der Waals surface area contributed by atoms with Crippen LogP contribution in [0.1, 0.15) is 12.8 Å². The number of hydrogen-bond acceptors (Lipinski definition) is 3. The standard InChI is InChI=1S/C9H16N2O2/c1-10-8-5-13-4-7(8)9(12)11-6-2-3-6/h6-8,10H,2-5H2,1H3,(H,11,12). The maximum Gasteiger partial charge on any atom is 0.227 e. The van der Waals surface area contributed by atoms with Gasteiger partial charge in [-0.05, 0) is 19.9 Å². The fraction of sp³-hybridized carbons (Fsp3) is 0.889. The topological polar surface area (TPSA) is 50.4 Å². The summed E-state index contributed by atoms with van der Waals surface area (Å²) in [7, 11) is 1.87. The molecule has 2 atom stereocenters. The second-order valence-corrected chi connectivity index (χ2v) is 3.82. The lowest BCUT2D eigenvalue weighted by Gasteiger charge is -2.15. The lowest BCUT2D eigenvalue weighted by Crippen LogP contribution is -2.43. The molecule has 74 valence electrons. The van der Waals surface area contributed by atoms with Gasteiger partial charge in [0.05, 0.1) is 19.1 Å². The summed E-state index contributed by atoms with van der Waals surface area (Å²) in [4.78, 5) is 11.6. The Morgan fingerprint density at radius 3 is 2.77 bits per heavy atom. The maximum absolute atomic E-state index is 11.6. The van der Waals surface area contributed by atoms with Gasteiger partial charge in [-0.2, -0.15) is 0 Å². The molecular weight excluding hydrogens is 168 g/mol. The monoisotopic (exact) mass is 184 g/mol. The first kappa shape index (κ1) is 8.97. The van der Waals surface area contributed by atoms with Crippen molar-refractivity contribution in [1.29, 1.82) is 0 Å². The van der Waals surface area contributed by atoms with Gasteiger partial charge in [-0.3, -0.25) is 4.79 Å². The number of rotatable bonds is 3. The van der Waals surface area contributed by atoms with Crippen LogP contribution in [0.25, 0.3) is 0 Å². The van der Waals surface area contributed by atoms with Gasteiger partial charge in [0.2, 0.25) is 5.91 Å². The van der Waals surface area contributed by atoms with Crippen molar-refractivity contribution in [2.24, 2.45) is 5.92 Å². The van der Waals surface area contributed by atoms with Gasteiger partial charge in [-0.15, -0.1) is 0 Å². The molecular formula is C9H16N2O2. The van der Waals surface area contributed by atoms with E-state index in [4.69, 9.17) is 4.74 Å². The SMILES string of the molecule is CNC1COCC1C(=O)NC1CC1. The second kappa shape index (κ2) is 3.64. The molecule has 0 spiro atoms. The summed E-state index contributed by atoms with van der Waals surface area (Å²) in [5, 5.41) is 6.10. The molecule has 2 rings (SSSR count). The molecule has 2 N–H and O–H groups in total. The van der Waals surface area contributed by atoms with Crippen molar-refractivity contribution >= 4 is 5.91 Å². The van der Waals surface area contributed by atoms with Crippen molar-refractivity contribution in [3.63, 3.8) is 0 Å². The molecule has 0 bridgehead atoms. The average molecular weight is 184 g/mol.